The van der Waals surface area contributed by atoms with Crippen LogP contribution in [-0.2, 0) is 26.7 Å². The minimum Gasteiger partial charge on any atom is -0.347 e. The maximum absolute atomic E-state index is 13.8. The average Bonchev–Trinajstić information content (AvgIpc) is 3.49. The lowest BCUT2D eigenvalue weighted by molar-refractivity contribution is 0.0706. The molecule has 0 spiro atoms. The highest BCUT2D eigenvalue weighted by atomic mass is 79.9. The average molecular weight is 620 g/mol. The summed E-state index contributed by atoms with van der Waals surface area (Å²) in [4.78, 5) is 42.6. The number of carbonyl (C=O) groups excluding carboxylic acids is 2. The van der Waals surface area contributed by atoms with Gasteiger partial charge in [0.25, 0.3) is 11.8 Å². The second kappa shape index (κ2) is 10.4. The number of benzene rings is 3. The third kappa shape index (κ3) is 4.63. The van der Waals surface area contributed by atoms with Crippen molar-refractivity contribution in [3.63, 3.8) is 0 Å². The maximum atomic E-state index is 13.8. The van der Waals surface area contributed by atoms with E-state index in [1.165, 1.54) is 4.57 Å². The SMILES string of the molecule is Cn1ncc2cc(-n3c(C(=O)NCc4ccccc4)c4n(c3=O)CCN(C(=O)c3ccc(Br)c(Cl)c3)C4)ccc21. The van der Waals surface area contributed by atoms with Crippen molar-refractivity contribution in [1.82, 2.24) is 29.1 Å². The maximum Gasteiger partial charge on any atom is 0.333 e. The Bertz CT molecular complexity index is 1840. The van der Waals surface area contributed by atoms with Crippen molar-refractivity contribution >= 4 is 50.2 Å². The summed E-state index contributed by atoms with van der Waals surface area (Å²) in [5, 5.41) is 8.53. The zero-order chi connectivity index (χ0) is 28.0. The van der Waals surface area contributed by atoms with E-state index in [0.29, 0.717) is 39.5 Å². The van der Waals surface area contributed by atoms with Crippen LogP contribution in [0.3, 0.4) is 0 Å². The van der Waals surface area contributed by atoms with Gasteiger partial charge in [-0.15, -0.1) is 0 Å². The number of nitrogens with one attached hydrogen (secondary N) is 1. The van der Waals surface area contributed by atoms with E-state index in [-0.39, 0.29) is 30.4 Å². The molecule has 5 aromatic rings. The summed E-state index contributed by atoms with van der Waals surface area (Å²) in [6, 6.07) is 20.1. The largest absolute Gasteiger partial charge is 0.347 e. The van der Waals surface area contributed by atoms with Crippen LogP contribution in [0.1, 0.15) is 32.1 Å². The zero-order valence-corrected chi connectivity index (χ0v) is 23.8. The van der Waals surface area contributed by atoms with Crippen LogP contribution >= 0.6 is 27.5 Å². The summed E-state index contributed by atoms with van der Waals surface area (Å²) >= 11 is 9.59. The van der Waals surface area contributed by atoms with Crippen molar-refractivity contribution in [3.05, 3.63) is 115 Å². The van der Waals surface area contributed by atoms with Gasteiger partial charge in [-0.1, -0.05) is 41.9 Å². The van der Waals surface area contributed by atoms with Gasteiger partial charge >= 0.3 is 5.69 Å². The van der Waals surface area contributed by atoms with Crippen LogP contribution in [0.4, 0.5) is 0 Å². The lowest BCUT2D eigenvalue weighted by Gasteiger charge is -2.28. The molecule has 11 heteroatoms. The summed E-state index contributed by atoms with van der Waals surface area (Å²) in [5.74, 6) is -0.629. The molecule has 0 unspecified atom stereocenters. The fourth-order valence-electron chi connectivity index (χ4n) is 5.07. The van der Waals surface area contributed by atoms with Crippen molar-refractivity contribution in [1.29, 1.82) is 0 Å². The van der Waals surface area contributed by atoms with Gasteiger partial charge in [-0.25, -0.2) is 4.79 Å². The molecule has 0 saturated carbocycles. The molecule has 2 amide bonds. The highest BCUT2D eigenvalue weighted by Gasteiger charge is 2.32. The lowest BCUT2D eigenvalue weighted by atomic mass is 10.1. The van der Waals surface area contributed by atoms with E-state index < -0.39 is 5.91 Å². The molecule has 0 saturated heterocycles. The fraction of sp³-hybridized carbons (Fsp3) is 0.172. The Hall–Kier alpha value is -4.15. The Morgan fingerprint density at radius 1 is 1.05 bits per heavy atom. The van der Waals surface area contributed by atoms with Crippen molar-refractivity contribution in [2.24, 2.45) is 7.05 Å². The van der Waals surface area contributed by atoms with Crippen molar-refractivity contribution in [3.8, 4) is 5.69 Å². The summed E-state index contributed by atoms with van der Waals surface area (Å²) in [6.45, 7) is 0.958. The number of fused-ring (bicyclic) bond motifs is 2. The molecular formula is C29H24BrClN6O3. The van der Waals surface area contributed by atoms with Crippen LogP contribution in [0.25, 0.3) is 16.6 Å². The molecule has 0 fully saturated rings. The molecule has 0 radical (unpaired) electrons. The Balaban J connectivity index is 1.42. The van der Waals surface area contributed by atoms with Gasteiger partial charge in [0.2, 0.25) is 0 Å². The van der Waals surface area contributed by atoms with Gasteiger partial charge in [0.15, 0.2) is 0 Å². The summed E-state index contributed by atoms with van der Waals surface area (Å²) in [5.41, 5.74) is 3.16. The topological polar surface area (TPSA) is 94.2 Å². The molecule has 0 bridgehead atoms. The summed E-state index contributed by atoms with van der Waals surface area (Å²) < 4.78 is 5.46. The van der Waals surface area contributed by atoms with Gasteiger partial charge in [-0.3, -0.25) is 23.4 Å². The third-order valence-electron chi connectivity index (χ3n) is 7.13. The molecule has 0 aliphatic carbocycles. The monoisotopic (exact) mass is 618 g/mol. The number of halogens is 2. The van der Waals surface area contributed by atoms with Crippen LogP contribution in [0.5, 0.6) is 0 Å². The van der Waals surface area contributed by atoms with Crippen LogP contribution in [-0.4, -0.2) is 42.2 Å². The van der Waals surface area contributed by atoms with Crippen LogP contribution in [0.2, 0.25) is 5.02 Å². The predicted octanol–water partition coefficient (Wildman–Crippen LogP) is 4.53. The van der Waals surface area contributed by atoms with Gasteiger partial charge < -0.3 is 10.2 Å². The van der Waals surface area contributed by atoms with E-state index in [1.54, 1.807) is 44.6 Å². The molecule has 9 nitrogen and oxygen atoms in total. The van der Waals surface area contributed by atoms with E-state index in [4.69, 9.17) is 11.6 Å². The van der Waals surface area contributed by atoms with Crippen molar-refractivity contribution in [2.45, 2.75) is 19.6 Å². The molecule has 3 aromatic carbocycles. The highest BCUT2D eigenvalue weighted by Crippen LogP contribution is 2.26. The smallest absolute Gasteiger partial charge is 0.333 e. The molecular weight excluding hydrogens is 596 g/mol. The second-order valence-electron chi connectivity index (χ2n) is 9.60. The van der Waals surface area contributed by atoms with Gasteiger partial charge in [-0.2, -0.15) is 5.10 Å². The number of aromatic nitrogens is 4. The summed E-state index contributed by atoms with van der Waals surface area (Å²) in [6.07, 6.45) is 1.72. The molecule has 1 aliphatic heterocycles. The predicted molar refractivity (Wildman–Crippen MR) is 156 cm³/mol. The molecule has 2 aromatic heterocycles. The number of carbonyl (C=O) groups is 2. The molecule has 6 rings (SSSR count). The van der Waals surface area contributed by atoms with Crippen molar-refractivity contribution < 1.29 is 9.59 Å². The van der Waals surface area contributed by atoms with Crippen LogP contribution in [0, 0.1) is 0 Å². The Labute approximate surface area is 242 Å². The number of rotatable bonds is 5. The molecule has 40 heavy (non-hydrogen) atoms. The Morgan fingerprint density at radius 3 is 2.62 bits per heavy atom. The second-order valence-corrected chi connectivity index (χ2v) is 10.9. The molecule has 1 N–H and O–H groups in total. The number of hydrogen-bond acceptors (Lipinski definition) is 4. The number of hydrogen-bond donors (Lipinski definition) is 1. The normalized spacial score (nSPS) is 12.9. The quantitative estimate of drug-likeness (QED) is 0.313. The minimum absolute atomic E-state index is 0.0952. The zero-order valence-electron chi connectivity index (χ0n) is 21.5. The van der Waals surface area contributed by atoms with Crippen LogP contribution < -0.4 is 11.0 Å². The van der Waals surface area contributed by atoms with E-state index in [1.807, 2.05) is 49.5 Å². The molecule has 0 atom stereocenters. The van der Waals surface area contributed by atoms with Gasteiger partial charge in [0.05, 0.1) is 34.7 Å². The molecule has 202 valence electrons. The third-order valence-corrected chi connectivity index (χ3v) is 8.36. The number of amides is 2. The Morgan fingerprint density at radius 2 is 1.85 bits per heavy atom. The summed E-state index contributed by atoms with van der Waals surface area (Å²) in [7, 11) is 1.85. The number of imidazole rings is 1. The van der Waals surface area contributed by atoms with Gasteiger partial charge in [-0.05, 0) is 57.9 Å². The fourth-order valence-corrected chi connectivity index (χ4v) is 5.50. The Kier molecular flexibility index (Phi) is 6.81. The lowest BCUT2D eigenvalue weighted by Crippen LogP contribution is -2.41. The number of nitrogens with zero attached hydrogens (tertiary/aromatic N) is 5. The minimum atomic E-state index is -0.401. The standard InChI is InChI=1S/C29H24BrClN6O3/c1-34-24-10-8-21(13-20(24)16-33-34)37-26(27(38)32-15-18-5-3-2-4-6-18)25-17-35(11-12-36(25)29(37)40)28(39)19-7-9-22(30)23(31)14-19/h2-10,13-14,16H,11-12,15,17H2,1H3,(H,32,38). The van der Waals surface area contributed by atoms with Crippen LogP contribution in [0.15, 0.2) is 82.2 Å². The first kappa shape index (κ1) is 26.1. The first-order chi connectivity index (χ1) is 19.3. The number of aryl methyl sites for hydroxylation is 1. The van der Waals surface area contributed by atoms with E-state index in [9.17, 15) is 14.4 Å². The van der Waals surface area contributed by atoms with E-state index in [2.05, 4.69) is 26.3 Å². The first-order valence-corrected chi connectivity index (χ1v) is 13.8. The molecule has 3 heterocycles. The van der Waals surface area contributed by atoms with E-state index >= 15 is 0 Å². The van der Waals surface area contributed by atoms with Crippen molar-refractivity contribution in [2.75, 3.05) is 6.54 Å². The van der Waals surface area contributed by atoms with E-state index in [0.717, 1.165) is 16.5 Å². The van der Waals surface area contributed by atoms with Gasteiger partial charge in [0.1, 0.15) is 5.69 Å². The molecule has 1 aliphatic rings. The highest BCUT2D eigenvalue weighted by molar-refractivity contribution is 9.10. The first-order valence-electron chi connectivity index (χ1n) is 12.6. The van der Waals surface area contributed by atoms with Gasteiger partial charge in [0, 0.05) is 42.1 Å².